The van der Waals surface area contributed by atoms with Gasteiger partial charge < -0.3 is 20.2 Å². The lowest BCUT2D eigenvalue weighted by Gasteiger charge is -2.11. The summed E-state index contributed by atoms with van der Waals surface area (Å²) in [7, 11) is 0. The summed E-state index contributed by atoms with van der Waals surface area (Å²) in [6.07, 6.45) is 3.51. The zero-order valence-electron chi connectivity index (χ0n) is 16.7. The number of para-hydroxylation sites is 2. The van der Waals surface area contributed by atoms with Crippen LogP contribution in [-0.4, -0.2) is 34.5 Å². The Balaban J connectivity index is 1.50. The summed E-state index contributed by atoms with van der Waals surface area (Å²) < 4.78 is 2.02. The van der Waals surface area contributed by atoms with Gasteiger partial charge in [0.05, 0.1) is 23.9 Å². The number of benzene rings is 1. The van der Waals surface area contributed by atoms with E-state index in [9.17, 15) is 0 Å². The van der Waals surface area contributed by atoms with Crippen molar-refractivity contribution in [2.24, 2.45) is 0 Å². The number of nitrogens with zero attached hydrogens (tertiary/aromatic N) is 6. The van der Waals surface area contributed by atoms with Crippen molar-refractivity contribution in [3.63, 3.8) is 0 Å². The van der Waals surface area contributed by atoms with Crippen LogP contribution in [0.15, 0.2) is 55.0 Å². The number of H-pyrrole nitrogens is 1. The van der Waals surface area contributed by atoms with Crippen LogP contribution >= 0.6 is 0 Å². The average Bonchev–Trinajstić information content (AvgIpc) is 3.36. The molecule has 9 nitrogen and oxygen atoms in total. The van der Waals surface area contributed by atoms with Crippen molar-refractivity contribution in [1.29, 1.82) is 0 Å². The van der Waals surface area contributed by atoms with Gasteiger partial charge in [0.25, 0.3) is 0 Å². The number of fused-ring (bicyclic) bond motifs is 2. The highest BCUT2D eigenvalue weighted by Crippen LogP contribution is 2.25. The van der Waals surface area contributed by atoms with E-state index >= 15 is 0 Å². The summed E-state index contributed by atoms with van der Waals surface area (Å²) in [5.74, 6) is 2.59. The first-order chi connectivity index (χ1) is 14.7. The van der Waals surface area contributed by atoms with Crippen LogP contribution in [0.4, 0.5) is 17.6 Å². The van der Waals surface area contributed by atoms with Gasteiger partial charge in [0.15, 0.2) is 17.0 Å². The van der Waals surface area contributed by atoms with Crippen LogP contribution in [0.5, 0.6) is 0 Å². The fourth-order valence-electron chi connectivity index (χ4n) is 3.28. The molecule has 4 aromatic heterocycles. The third-order valence-electron chi connectivity index (χ3n) is 4.74. The molecule has 0 aliphatic carbocycles. The molecular weight excluding hydrogens is 378 g/mol. The number of hydrogen-bond acceptors (Lipinski definition) is 7. The molecule has 0 fully saturated rings. The van der Waals surface area contributed by atoms with E-state index in [2.05, 4.69) is 54.4 Å². The number of aromatic amines is 1. The van der Waals surface area contributed by atoms with Crippen LogP contribution in [0.3, 0.4) is 0 Å². The maximum Gasteiger partial charge on any atom is 0.232 e. The maximum absolute atomic E-state index is 4.68. The number of rotatable bonds is 6. The zero-order valence-corrected chi connectivity index (χ0v) is 16.7. The molecule has 0 saturated carbocycles. The van der Waals surface area contributed by atoms with Gasteiger partial charge in [0, 0.05) is 12.2 Å². The Morgan fingerprint density at radius 1 is 1.00 bits per heavy atom. The maximum atomic E-state index is 4.68. The van der Waals surface area contributed by atoms with Crippen LogP contribution in [-0.2, 0) is 6.54 Å². The first-order valence-electron chi connectivity index (χ1n) is 9.77. The monoisotopic (exact) mass is 399 g/mol. The van der Waals surface area contributed by atoms with Gasteiger partial charge in [-0.15, -0.1) is 0 Å². The second-order valence-electron chi connectivity index (χ2n) is 7.21. The van der Waals surface area contributed by atoms with Crippen molar-refractivity contribution in [2.75, 3.05) is 10.6 Å². The van der Waals surface area contributed by atoms with Crippen LogP contribution in [0.1, 0.15) is 25.7 Å². The Labute approximate surface area is 172 Å². The molecule has 0 aliphatic rings. The van der Waals surface area contributed by atoms with Crippen LogP contribution in [0.2, 0.25) is 0 Å². The SMILES string of the molecule is CC(C)n1cnc2c(NCc3nc4ccccc4[nH]3)nc(Nc3ccccn3)nc21. The van der Waals surface area contributed by atoms with Crippen molar-refractivity contribution in [2.45, 2.75) is 26.4 Å². The predicted molar refractivity (Wildman–Crippen MR) is 117 cm³/mol. The number of pyridine rings is 1. The van der Waals surface area contributed by atoms with E-state index in [-0.39, 0.29) is 6.04 Å². The van der Waals surface area contributed by atoms with E-state index in [0.717, 1.165) is 22.5 Å². The Bertz CT molecular complexity index is 1270. The van der Waals surface area contributed by atoms with Gasteiger partial charge in [-0.25, -0.2) is 15.0 Å². The average molecular weight is 399 g/mol. The second-order valence-corrected chi connectivity index (χ2v) is 7.21. The van der Waals surface area contributed by atoms with Crippen molar-refractivity contribution in [3.8, 4) is 0 Å². The standard InChI is InChI=1S/C21H21N9/c1-13(2)30-12-24-18-19(23-11-17-25-14-7-3-4-8-15(14)26-17)28-21(29-20(18)30)27-16-9-5-6-10-22-16/h3-10,12-13H,11H2,1-2H3,(H,25,26)(H2,22,23,27,28,29). The molecule has 4 heterocycles. The largest absolute Gasteiger partial charge is 0.361 e. The van der Waals surface area contributed by atoms with Crippen molar-refractivity contribution in [3.05, 3.63) is 60.8 Å². The minimum absolute atomic E-state index is 0.218. The van der Waals surface area contributed by atoms with Gasteiger partial charge >= 0.3 is 0 Å². The van der Waals surface area contributed by atoms with Crippen LogP contribution in [0, 0.1) is 0 Å². The number of hydrogen-bond donors (Lipinski definition) is 3. The summed E-state index contributed by atoms with van der Waals surface area (Å²) in [6.45, 7) is 4.67. The van der Waals surface area contributed by atoms with E-state index in [0.29, 0.717) is 29.6 Å². The van der Waals surface area contributed by atoms with Crippen molar-refractivity contribution < 1.29 is 0 Å². The van der Waals surface area contributed by atoms with E-state index in [1.54, 1.807) is 12.5 Å². The molecule has 30 heavy (non-hydrogen) atoms. The highest BCUT2D eigenvalue weighted by Gasteiger charge is 2.15. The zero-order chi connectivity index (χ0) is 20.5. The Hall–Kier alpha value is -4.01. The predicted octanol–water partition coefficient (Wildman–Crippen LogP) is 4.03. The lowest BCUT2D eigenvalue weighted by Crippen LogP contribution is -2.08. The van der Waals surface area contributed by atoms with Gasteiger partial charge in [-0.3, -0.25) is 0 Å². The van der Waals surface area contributed by atoms with Gasteiger partial charge in [-0.05, 0) is 38.1 Å². The molecule has 0 spiro atoms. The number of imidazole rings is 2. The Kier molecular flexibility index (Phi) is 4.47. The molecule has 0 bridgehead atoms. The minimum Gasteiger partial charge on any atom is -0.361 e. The fraction of sp³-hybridized carbons (Fsp3) is 0.190. The molecule has 0 atom stereocenters. The smallest absolute Gasteiger partial charge is 0.232 e. The molecular formula is C21H21N9. The first-order valence-corrected chi connectivity index (χ1v) is 9.77. The molecule has 5 rings (SSSR count). The third-order valence-corrected chi connectivity index (χ3v) is 4.74. The number of aromatic nitrogens is 7. The lowest BCUT2D eigenvalue weighted by molar-refractivity contribution is 0.613. The van der Waals surface area contributed by atoms with Crippen molar-refractivity contribution >= 4 is 39.8 Å². The summed E-state index contributed by atoms with van der Waals surface area (Å²) in [4.78, 5) is 26.1. The molecule has 0 aliphatic heterocycles. The normalized spacial score (nSPS) is 11.4. The fourth-order valence-corrected chi connectivity index (χ4v) is 3.28. The van der Waals surface area contributed by atoms with Gasteiger partial charge in [-0.2, -0.15) is 9.97 Å². The summed E-state index contributed by atoms with van der Waals surface area (Å²) in [5.41, 5.74) is 3.41. The Morgan fingerprint density at radius 3 is 2.67 bits per heavy atom. The molecule has 0 saturated heterocycles. The molecule has 150 valence electrons. The van der Waals surface area contributed by atoms with Gasteiger partial charge in [0.1, 0.15) is 11.6 Å². The first kappa shape index (κ1) is 18.0. The number of anilines is 3. The second kappa shape index (κ2) is 7.43. The van der Waals surface area contributed by atoms with Crippen LogP contribution in [0.25, 0.3) is 22.2 Å². The quantitative estimate of drug-likeness (QED) is 0.395. The molecule has 0 radical (unpaired) electrons. The highest BCUT2D eigenvalue weighted by molar-refractivity contribution is 5.84. The molecule has 3 N–H and O–H groups in total. The summed E-state index contributed by atoms with van der Waals surface area (Å²) in [5, 5.41) is 6.54. The topological polar surface area (TPSA) is 109 Å². The molecule has 0 amide bonds. The highest BCUT2D eigenvalue weighted by atomic mass is 15.2. The number of nitrogens with one attached hydrogen (secondary N) is 3. The molecule has 5 aromatic rings. The van der Waals surface area contributed by atoms with E-state index in [1.807, 2.05) is 47.0 Å². The summed E-state index contributed by atoms with van der Waals surface area (Å²) >= 11 is 0. The molecule has 9 heteroatoms. The van der Waals surface area contributed by atoms with Crippen LogP contribution < -0.4 is 10.6 Å². The molecule has 0 unspecified atom stereocenters. The van der Waals surface area contributed by atoms with Gasteiger partial charge in [0.2, 0.25) is 5.95 Å². The van der Waals surface area contributed by atoms with E-state index < -0.39 is 0 Å². The van der Waals surface area contributed by atoms with E-state index in [4.69, 9.17) is 0 Å². The molecule has 1 aromatic carbocycles. The van der Waals surface area contributed by atoms with E-state index in [1.165, 1.54) is 0 Å². The summed E-state index contributed by atoms with van der Waals surface area (Å²) in [6, 6.07) is 13.8. The minimum atomic E-state index is 0.218. The van der Waals surface area contributed by atoms with Gasteiger partial charge in [-0.1, -0.05) is 18.2 Å². The Morgan fingerprint density at radius 2 is 1.87 bits per heavy atom. The lowest BCUT2D eigenvalue weighted by atomic mass is 10.3. The third kappa shape index (κ3) is 3.41. The van der Waals surface area contributed by atoms with Crippen molar-refractivity contribution in [1.82, 2.24) is 34.5 Å².